The lowest BCUT2D eigenvalue weighted by atomic mass is 10.2. The Morgan fingerprint density at radius 2 is 1.84 bits per heavy atom. The molecule has 6 heteroatoms. The van der Waals surface area contributed by atoms with Crippen molar-refractivity contribution < 1.29 is 14.1 Å². The molecule has 2 aromatic carbocycles. The Balaban J connectivity index is 1.63. The number of hydrogen-bond acceptors (Lipinski definition) is 5. The van der Waals surface area contributed by atoms with Gasteiger partial charge in [-0.15, -0.1) is 0 Å². The molecule has 0 radical (unpaired) electrons. The molecule has 6 nitrogen and oxygen atoms in total. The van der Waals surface area contributed by atoms with Gasteiger partial charge in [-0.25, -0.2) is 0 Å². The molecule has 0 atom stereocenters. The van der Waals surface area contributed by atoms with Crippen LogP contribution in [-0.2, 0) is 4.79 Å². The minimum atomic E-state index is -0.129. The van der Waals surface area contributed by atoms with Crippen molar-refractivity contribution in [1.29, 1.82) is 0 Å². The van der Waals surface area contributed by atoms with Crippen molar-refractivity contribution in [3.63, 3.8) is 0 Å². The standard InChI is InChI=1S/C19H19N3O3/c1-2-12-20-17(23)13-24-16-10-8-15(9-11-16)19-21-18(22-25-19)14-6-4-3-5-7-14/h3-11H,2,12-13H2,1H3,(H,20,23). The molecule has 0 saturated heterocycles. The van der Waals surface area contributed by atoms with E-state index in [9.17, 15) is 4.79 Å². The molecule has 0 saturated carbocycles. The number of benzene rings is 2. The highest BCUT2D eigenvalue weighted by atomic mass is 16.5. The molecule has 0 fully saturated rings. The lowest BCUT2D eigenvalue weighted by molar-refractivity contribution is -0.123. The van der Waals surface area contributed by atoms with E-state index >= 15 is 0 Å². The smallest absolute Gasteiger partial charge is 0.258 e. The van der Waals surface area contributed by atoms with Crippen molar-refractivity contribution in [2.45, 2.75) is 13.3 Å². The van der Waals surface area contributed by atoms with Gasteiger partial charge in [-0.1, -0.05) is 42.4 Å². The molecule has 128 valence electrons. The molecule has 1 heterocycles. The third-order valence-corrected chi connectivity index (χ3v) is 3.50. The third kappa shape index (κ3) is 4.44. The fourth-order valence-electron chi connectivity index (χ4n) is 2.20. The van der Waals surface area contributed by atoms with Gasteiger partial charge in [0.2, 0.25) is 5.82 Å². The van der Waals surface area contributed by atoms with Gasteiger partial charge in [0.05, 0.1) is 0 Å². The van der Waals surface area contributed by atoms with Crippen molar-refractivity contribution >= 4 is 5.91 Å². The molecule has 3 aromatic rings. The van der Waals surface area contributed by atoms with Crippen LogP contribution >= 0.6 is 0 Å². The molecule has 0 spiro atoms. The number of ether oxygens (including phenoxy) is 1. The van der Waals surface area contributed by atoms with Crippen LogP contribution in [0.5, 0.6) is 5.75 Å². The summed E-state index contributed by atoms with van der Waals surface area (Å²) in [4.78, 5) is 15.9. The fraction of sp³-hybridized carbons (Fsp3) is 0.211. The molecule has 0 unspecified atom stereocenters. The highest BCUT2D eigenvalue weighted by molar-refractivity contribution is 5.77. The third-order valence-electron chi connectivity index (χ3n) is 3.50. The van der Waals surface area contributed by atoms with Crippen LogP contribution in [0.25, 0.3) is 22.8 Å². The Bertz CT molecular complexity index is 813. The second-order valence-electron chi connectivity index (χ2n) is 5.45. The zero-order valence-electron chi connectivity index (χ0n) is 13.9. The van der Waals surface area contributed by atoms with Gasteiger partial charge in [0.1, 0.15) is 5.75 Å². The van der Waals surface area contributed by atoms with Gasteiger partial charge in [0.15, 0.2) is 6.61 Å². The second-order valence-corrected chi connectivity index (χ2v) is 5.45. The van der Waals surface area contributed by atoms with E-state index in [1.165, 1.54) is 0 Å². The Kier molecular flexibility index (Phi) is 5.41. The molecule has 1 aromatic heterocycles. The predicted octanol–water partition coefficient (Wildman–Crippen LogP) is 3.31. The first-order chi connectivity index (χ1) is 12.3. The largest absolute Gasteiger partial charge is 0.484 e. The maximum atomic E-state index is 11.5. The highest BCUT2D eigenvalue weighted by Crippen LogP contribution is 2.23. The lowest BCUT2D eigenvalue weighted by Gasteiger charge is -2.06. The Hall–Kier alpha value is -3.15. The molecule has 0 bridgehead atoms. The molecule has 0 aliphatic rings. The summed E-state index contributed by atoms with van der Waals surface area (Å²) in [6, 6.07) is 16.8. The number of amides is 1. The average Bonchev–Trinajstić information content (AvgIpc) is 3.16. The number of aromatic nitrogens is 2. The normalized spacial score (nSPS) is 10.4. The topological polar surface area (TPSA) is 77.2 Å². The van der Waals surface area contributed by atoms with Gasteiger partial charge in [-0.3, -0.25) is 4.79 Å². The lowest BCUT2D eigenvalue weighted by Crippen LogP contribution is -2.29. The van der Waals surface area contributed by atoms with Crippen LogP contribution in [0, 0.1) is 0 Å². The fourth-order valence-corrected chi connectivity index (χ4v) is 2.20. The Morgan fingerprint density at radius 3 is 2.56 bits per heavy atom. The van der Waals surface area contributed by atoms with Crippen molar-refractivity contribution in [3.05, 3.63) is 54.6 Å². The Morgan fingerprint density at radius 1 is 1.08 bits per heavy atom. The van der Waals surface area contributed by atoms with Gasteiger partial charge < -0.3 is 14.6 Å². The minimum absolute atomic E-state index is 0.00193. The maximum Gasteiger partial charge on any atom is 0.258 e. The van der Waals surface area contributed by atoms with Crippen LogP contribution in [0.3, 0.4) is 0 Å². The summed E-state index contributed by atoms with van der Waals surface area (Å²) < 4.78 is 10.8. The van der Waals surface area contributed by atoms with Crippen LogP contribution in [0.4, 0.5) is 0 Å². The predicted molar refractivity (Wildman–Crippen MR) is 94.0 cm³/mol. The number of hydrogen-bond donors (Lipinski definition) is 1. The molecule has 0 aliphatic heterocycles. The van der Waals surface area contributed by atoms with E-state index in [1.54, 1.807) is 12.1 Å². The van der Waals surface area contributed by atoms with E-state index in [1.807, 2.05) is 49.4 Å². The van der Waals surface area contributed by atoms with Gasteiger partial charge in [0, 0.05) is 17.7 Å². The SMILES string of the molecule is CCCNC(=O)COc1ccc(-c2nc(-c3ccccc3)no2)cc1. The van der Waals surface area contributed by atoms with Crippen molar-refractivity contribution in [1.82, 2.24) is 15.5 Å². The van der Waals surface area contributed by atoms with Crippen molar-refractivity contribution in [3.8, 4) is 28.6 Å². The summed E-state index contributed by atoms with van der Waals surface area (Å²) in [5.41, 5.74) is 1.69. The van der Waals surface area contributed by atoms with Gasteiger partial charge in [0.25, 0.3) is 11.8 Å². The first-order valence-corrected chi connectivity index (χ1v) is 8.15. The summed E-state index contributed by atoms with van der Waals surface area (Å²) in [5, 5.41) is 6.76. The van der Waals surface area contributed by atoms with Gasteiger partial charge >= 0.3 is 0 Å². The minimum Gasteiger partial charge on any atom is -0.484 e. The van der Waals surface area contributed by atoms with E-state index in [4.69, 9.17) is 9.26 Å². The van der Waals surface area contributed by atoms with Crippen LogP contribution < -0.4 is 10.1 Å². The summed E-state index contributed by atoms with van der Waals surface area (Å²) in [7, 11) is 0. The number of nitrogens with zero attached hydrogens (tertiary/aromatic N) is 2. The molecule has 0 aliphatic carbocycles. The van der Waals surface area contributed by atoms with Crippen LogP contribution in [-0.4, -0.2) is 29.2 Å². The summed E-state index contributed by atoms with van der Waals surface area (Å²) in [6.07, 6.45) is 0.898. The van der Waals surface area contributed by atoms with E-state index in [0.717, 1.165) is 17.5 Å². The van der Waals surface area contributed by atoms with E-state index in [-0.39, 0.29) is 12.5 Å². The molecular weight excluding hydrogens is 318 g/mol. The van der Waals surface area contributed by atoms with E-state index < -0.39 is 0 Å². The van der Waals surface area contributed by atoms with Crippen molar-refractivity contribution in [2.75, 3.05) is 13.2 Å². The first kappa shape index (κ1) is 16.7. The monoisotopic (exact) mass is 337 g/mol. The number of carbonyl (C=O) groups is 1. The number of carbonyl (C=O) groups excluding carboxylic acids is 1. The molecule has 1 N–H and O–H groups in total. The van der Waals surface area contributed by atoms with E-state index in [2.05, 4.69) is 15.5 Å². The van der Waals surface area contributed by atoms with Gasteiger partial charge in [-0.2, -0.15) is 4.98 Å². The highest BCUT2D eigenvalue weighted by Gasteiger charge is 2.10. The Labute approximate surface area is 145 Å². The quantitative estimate of drug-likeness (QED) is 0.716. The van der Waals surface area contributed by atoms with E-state index in [0.29, 0.717) is 24.0 Å². The molecule has 1 amide bonds. The zero-order chi connectivity index (χ0) is 17.5. The van der Waals surface area contributed by atoms with Gasteiger partial charge in [-0.05, 0) is 30.7 Å². The zero-order valence-corrected chi connectivity index (χ0v) is 13.9. The first-order valence-electron chi connectivity index (χ1n) is 8.15. The van der Waals surface area contributed by atoms with Crippen LogP contribution in [0.2, 0.25) is 0 Å². The maximum absolute atomic E-state index is 11.5. The molecular formula is C19H19N3O3. The summed E-state index contributed by atoms with van der Waals surface area (Å²) >= 11 is 0. The summed E-state index contributed by atoms with van der Waals surface area (Å²) in [6.45, 7) is 2.65. The average molecular weight is 337 g/mol. The molecule has 25 heavy (non-hydrogen) atoms. The van der Waals surface area contributed by atoms with Crippen molar-refractivity contribution in [2.24, 2.45) is 0 Å². The number of nitrogens with one attached hydrogen (secondary N) is 1. The molecule has 3 rings (SSSR count). The summed E-state index contributed by atoms with van der Waals surface area (Å²) in [5.74, 6) is 1.46. The van der Waals surface area contributed by atoms with Crippen LogP contribution in [0.1, 0.15) is 13.3 Å². The van der Waals surface area contributed by atoms with Crippen LogP contribution in [0.15, 0.2) is 59.1 Å². The number of rotatable bonds is 7. The second kappa shape index (κ2) is 8.10.